The van der Waals surface area contributed by atoms with Crippen molar-refractivity contribution < 1.29 is 9.90 Å². The van der Waals surface area contributed by atoms with Crippen LogP contribution in [0.2, 0.25) is 0 Å². The second kappa shape index (κ2) is 5.52. The first kappa shape index (κ1) is 12.4. The molecule has 0 saturated carbocycles. The number of H-pyrrole nitrogens is 1. The summed E-state index contributed by atoms with van der Waals surface area (Å²) in [7, 11) is 0. The van der Waals surface area contributed by atoms with E-state index in [1.165, 1.54) is 17.3 Å². The number of aromatic amines is 1. The number of anilines is 1. The molecule has 98 valence electrons. The molecule has 0 aromatic carbocycles. The van der Waals surface area contributed by atoms with Crippen molar-refractivity contribution in [3.05, 3.63) is 22.7 Å². The van der Waals surface area contributed by atoms with Crippen LogP contribution in [0.25, 0.3) is 0 Å². The lowest BCUT2D eigenvalue weighted by molar-refractivity contribution is 0.126. The van der Waals surface area contributed by atoms with E-state index in [0.29, 0.717) is 31.4 Å². The average Bonchev–Trinajstić information content (AvgIpc) is 2.38. The molecule has 3 N–H and O–H groups in total. The minimum absolute atomic E-state index is 0.236. The summed E-state index contributed by atoms with van der Waals surface area (Å²) < 4.78 is 0. The van der Waals surface area contributed by atoms with Gasteiger partial charge in [0.25, 0.3) is 5.56 Å². The number of amides is 1. The van der Waals surface area contributed by atoms with Crippen LogP contribution in [0.4, 0.5) is 10.6 Å². The van der Waals surface area contributed by atoms with Crippen molar-refractivity contribution in [3.63, 3.8) is 0 Å². The zero-order valence-corrected chi connectivity index (χ0v) is 9.93. The van der Waals surface area contributed by atoms with Gasteiger partial charge in [-0.05, 0) is 18.8 Å². The van der Waals surface area contributed by atoms with Gasteiger partial charge in [-0.25, -0.2) is 9.78 Å². The highest BCUT2D eigenvalue weighted by Crippen LogP contribution is 2.17. The molecule has 18 heavy (non-hydrogen) atoms. The van der Waals surface area contributed by atoms with Gasteiger partial charge in [-0.1, -0.05) is 0 Å². The second-order valence-corrected chi connectivity index (χ2v) is 4.36. The lowest BCUT2D eigenvalue weighted by Crippen LogP contribution is -2.39. The maximum Gasteiger partial charge on any atom is 0.407 e. The van der Waals surface area contributed by atoms with Crippen LogP contribution in [-0.2, 0) is 0 Å². The number of nitrogens with one attached hydrogen (secondary N) is 2. The van der Waals surface area contributed by atoms with Crippen LogP contribution in [0.1, 0.15) is 12.8 Å². The number of aromatic nitrogens is 2. The fraction of sp³-hybridized carbons (Fsp3) is 0.545. The molecule has 7 nitrogen and oxygen atoms in total. The minimum Gasteiger partial charge on any atom is -0.465 e. The number of carboxylic acid groups (broad SMARTS) is 1. The van der Waals surface area contributed by atoms with E-state index in [0.717, 1.165) is 12.8 Å². The lowest BCUT2D eigenvalue weighted by Gasteiger charge is -2.29. The maximum absolute atomic E-state index is 11.4. The van der Waals surface area contributed by atoms with Gasteiger partial charge in [0.2, 0.25) is 0 Å². The van der Waals surface area contributed by atoms with Crippen LogP contribution in [-0.4, -0.2) is 45.7 Å². The maximum atomic E-state index is 11.4. The molecule has 7 heteroatoms. The number of carbonyl (C=O) groups is 1. The molecule has 0 radical (unpaired) electrons. The van der Waals surface area contributed by atoms with E-state index in [4.69, 9.17) is 5.11 Å². The average molecular weight is 252 g/mol. The molecule has 1 aliphatic rings. The first-order valence-electron chi connectivity index (χ1n) is 5.92. The first-order valence-corrected chi connectivity index (χ1v) is 5.92. The molecular weight excluding hydrogens is 236 g/mol. The predicted molar refractivity (Wildman–Crippen MR) is 65.7 cm³/mol. The first-order chi connectivity index (χ1) is 8.66. The van der Waals surface area contributed by atoms with E-state index in [-0.39, 0.29) is 5.56 Å². The molecule has 1 amide bonds. The molecule has 1 saturated heterocycles. The van der Waals surface area contributed by atoms with Gasteiger partial charge in [0.1, 0.15) is 0 Å². The summed E-state index contributed by atoms with van der Waals surface area (Å²) in [6.45, 7) is 1.76. The van der Waals surface area contributed by atoms with Gasteiger partial charge in [0, 0.05) is 32.0 Å². The van der Waals surface area contributed by atoms with E-state index in [1.54, 1.807) is 0 Å². The van der Waals surface area contributed by atoms with E-state index in [1.807, 2.05) is 0 Å². The Balaban J connectivity index is 1.81. The monoisotopic (exact) mass is 252 g/mol. The number of hydrogen-bond donors (Lipinski definition) is 3. The topological polar surface area (TPSA) is 98.3 Å². The van der Waals surface area contributed by atoms with Crippen molar-refractivity contribution in [2.45, 2.75) is 12.8 Å². The third-order valence-corrected chi connectivity index (χ3v) is 3.15. The van der Waals surface area contributed by atoms with Crippen LogP contribution in [0.5, 0.6) is 0 Å². The number of likely N-dealkylation sites (tertiary alicyclic amines) is 1. The summed E-state index contributed by atoms with van der Waals surface area (Å²) in [4.78, 5) is 30.0. The van der Waals surface area contributed by atoms with Crippen molar-refractivity contribution in [2.75, 3.05) is 25.0 Å². The van der Waals surface area contributed by atoms with Gasteiger partial charge in [-0.15, -0.1) is 0 Å². The highest BCUT2D eigenvalue weighted by molar-refractivity contribution is 5.64. The van der Waals surface area contributed by atoms with Gasteiger partial charge in [-0.2, -0.15) is 0 Å². The summed E-state index contributed by atoms with van der Waals surface area (Å²) in [5.74, 6) is 0.695. The third-order valence-electron chi connectivity index (χ3n) is 3.15. The molecule has 0 atom stereocenters. The normalized spacial score (nSPS) is 16.6. The smallest absolute Gasteiger partial charge is 0.407 e. The molecule has 2 rings (SSSR count). The Morgan fingerprint density at radius 2 is 2.28 bits per heavy atom. The zero-order chi connectivity index (χ0) is 13.0. The Kier molecular flexibility index (Phi) is 3.81. The van der Waals surface area contributed by atoms with Gasteiger partial charge >= 0.3 is 6.09 Å². The SMILES string of the molecule is O=C(O)N1CCC(CNc2ncc[nH]c2=O)CC1. The summed E-state index contributed by atoms with van der Waals surface area (Å²) >= 11 is 0. The second-order valence-electron chi connectivity index (χ2n) is 4.36. The lowest BCUT2D eigenvalue weighted by atomic mass is 9.97. The van der Waals surface area contributed by atoms with Crippen molar-refractivity contribution in [2.24, 2.45) is 5.92 Å². The van der Waals surface area contributed by atoms with Crippen LogP contribution < -0.4 is 10.9 Å². The van der Waals surface area contributed by atoms with Gasteiger partial charge in [-0.3, -0.25) is 4.79 Å². The number of rotatable bonds is 3. The quantitative estimate of drug-likeness (QED) is 0.730. The molecule has 1 aromatic heterocycles. The molecule has 0 bridgehead atoms. The fourth-order valence-corrected chi connectivity index (χ4v) is 2.05. The van der Waals surface area contributed by atoms with E-state index < -0.39 is 6.09 Å². The highest BCUT2D eigenvalue weighted by atomic mass is 16.4. The molecule has 1 aliphatic heterocycles. The highest BCUT2D eigenvalue weighted by Gasteiger charge is 2.22. The van der Waals surface area contributed by atoms with E-state index in [9.17, 15) is 9.59 Å². The molecule has 0 aliphatic carbocycles. The number of piperidine rings is 1. The summed E-state index contributed by atoms with van der Waals surface area (Å²) in [5.41, 5.74) is -0.236. The van der Waals surface area contributed by atoms with Crippen molar-refractivity contribution in [1.82, 2.24) is 14.9 Å². The largest absolute Gasteiger partial charge is 0.465 e. The Morgan fingerprint density at radius 3 is 2.89 bits per heavy atom. The van der Waals surface area contributed by atoms with Crippen molar-refractivity contribution in [1.29, 1.82) is 0 Å². The molecule has 2 heterocycles. The Morgan fingerprint density at radius 1 is 1.56 bits per heavy atom. The zero-order valence-electron chi connectivity index (χ0n) is 9.93. The van der Waals surface area contributed by atoms with Gasteiger partial charge < -0.3 is 20.3 Å². The molecule has 1 aromatic rings. The third kappa shape index (κ3) is 2.99. The van der Waals surface area contributed by atoms with Crippen molar-refractivity contribution in [3.8, 4) is 0 Å². The van der Waals surface area contributed by atoms with Gasteiger partial charge in [0.15, 0.2) is 5.82 Å². The predicted octanol–water partition coefficient (Wildman–Crippen LogP) is 0.572. The van der Waals surface area contributed by atoms with Crippen LogP contribution in [0.15, 0.2) is 17.2 Å². The van der Waals surface area contributed by atoms with Gasteiger partial charge in [0.05, 0.1) is 0 Å². The molecule has 0 spiro atoms. The Hall–Kier alpha value is -2.05. The summed E-state index contributed by atoms with van der Waals surface area (Å²) in [6, 6.07) is 0. The van der Waals surface area contributed by atoms with Crippen LogP contribution in [0.3, 0.4) is 0 Å². The molecular formula is C11H16N4O3. The Labute approximate surface area is 104 Å². The summed E-state index contributed by atoms with van der Waals surface area (Å²) in [5, 5.41) is 11.8. The molecule has 0 unspecified atom stereocenters. The summed E-state index contributed by atoms with van der Waals surface area (Å²) in [6.07, 6.45) is 3.77. The Bertz CT molecular complexity index is 465. The van der Waals surface area contributed by atoms with E-state index >= 15 is 0 Å². The number of nitrogens with zero attached hydrogens (tertiary/aromatic N) is 2. The van der Waals surface area contributed by atoms with Crippen LogP contribution in [0, 0.1) is 5.92 Å². The number of hydrogen-bond acceptors (Lipinski definition) is 4. The fourth-order valence-electron chi connectivity index (χ4n) is 2.05. The standard InChI is InChI=1S/C11H16N4O3/c16-10-9(12-3-4-13-10)14-7-8-1-5-15(6-2-8)11(17)18/h3-4,8H,1-2,5-7H2,(H,12,14)(H,13,16)(H,17,18). The van der Waals surface area contributed by atoms with E-state index in [2.05, 4.69) is 15.3 Å². The minimum atomic E-state index is -0.859. The van der Waals surface area contributed by atoms with Crippen molar-refractivity contribution >= 4 is 11.9 Å². The molecule has 1 fully saturated rings. The van der Waals surface area contributed by atoms with Crippen LogP contribution >= 0.6 is 0 Å².